The van der Waals surface area contributed by atoms with E-state index in [2.05, 4.69) is 4.90 Å². The van der Waals surface area contributed by atoms with Crippen molar-refractivity contribution in [2.75, 3.05) is 23.0 Å². The van der Waals surface area contributed by atoms with E-state index in [1.54, 1.807) is 0 Å². The SMILES string of the molecule is O=S1(=O)CC[C@H](N(Cc2ccccc2)[C@H]2CCS(=O)(=O)C2)C1. The van der Waals surface area contributed by atoms with Crippen LogP contribution >= 0.6 is 0 Å². The molecular formula is C15H21NO4S2. The van der Waals surface area contributed by atoms with Gasteiger partial charge in [0.1, 0.15) is 0 Å². The molecule has 2 atom stereocenters. The van der Waals surface area contributed by atoms with Crippen molar-refractivity contribution in [3.8, 4) is 0 Å². The summed E-state index contributed by atoms with van der Waals surface area (Å²) in [5.74, 6) is 0.720. The van der Waals surface area contributed by atoms with E-state index in [0.717, 1.165) is 5.56 Å². The van der Waals surface area contributed by atoms with Crippen molar-refractivity contribution in [2.45, 2.75) is 31.5 Å². The fraction of sp³-hybridized carbons (Fsp3) is 0.600. The molecule has 0 saturated carbocycles. The van der Waals surface area contributed by atoms with Gasteiger partial charge < -0.3 is 0 Å². The lowest BCUT2D eigenvalue weighted by Crippen LogP contribution is -2.44. The topological polar surface area (TPSA) is 71.5 Å². The van der Waals surface area contributed by atoms with Gasteiger partial charge in [-0.2, -0.15) is 0 Å². The Balaban J connectivity index is 1.83. The van der Waals surface area contributed by atoms with Gasteiger partial charge in [0, 0.05) is 18.6 Å². The minimum Gasteiger partial charge on any atom is -0.291 e. The lowest BCUT2D eigenvalue weighted by Gasteiger charge is -2.33. The van der Waals surface area contributed by atoms with Gasteiger partial charge in [0.05, 0.1) is 23.0 Å². The number of benzene rings is 1. The predicted molar refractivity (Wildman–Crippen MR) is 86.1 cm³/mol. The van der Waals surface area contributed by atoms with Crippen molar-refractivity contribution in [3.05, 3.63) is 35.9 Å². The van der Waals surface area contributed by atoms with E-state index in [1.165, 1.54) is 0 Å². The zero-order chi connectivity index (χ0) is 15.8. The Morgan fingerprint density at radius 1 is 0.864 bits per heavy atom. The van der Waals surface area contributed by atoms with Crippen LogP contribution in [-0.2, 0) is 26.2 Å². The fourth-order valence-electron chi connectivity index (χ4n) is 3.42. The molecule has 0 bridgehead atoms. The molecule has 0 aromatic heterocycles. The lowest BCUT2D eigenvalue weighted by atomic mass is 10.1. The number of hydrogen-bond acceptors (Lipinski definition) is 5. The summed E-state index contributed by atoms with van der Waals surface area (Å²) in [7, 11) is -5.96. The molecule has 2 aliphatic rings. The minimum absolute atomic E-state index is 0.0662. The summed E-state index contributed by atoms with van der Waals surface area (Å²) >= 11 is 0. The largest absolute Gasteiger partial charge is 0.291 e. The molecule has 2 saturated heterocycles. The minimum atomic E-state index is -2.98. The molecular weight excluding hydrogens is 322 g/mol. The van der Waals surface area contributed by atoms with Gasteiger partial charge in [-0.1, -0.05) is 30.3 Å². The Hall–Kier alpha value is -0.920. The molecule has 0 unspecified atom stereocenters. The van der Waals surface area contributed by atoms with Crippen molar-refractivity contribution < 1.29 is 16.8 Å². The van der Waals surface area contributed by atoms with E-state index in [9.17, 15) is 16.8 Å². The summed E-state index contributed by atoms with van der Waals surface area (Å²) < 4.78 is 47.2. The molecule has 0 aliphatic carbocycles. The van der Waals surface area contributed by atoms with Crippen LogP contribution in [0.15, 0.2) is 30.3 Å². The molecule has 1 aromatic rings. The zero-order valence-corrected chi connectivity index (χ0v) is 14.0. The standard InChI is InChI=1S/C15H21NO4S2/c17-21(18)8-6-14(11-21)16(10-13-4-2-1-3-5-13)15-7-9-22(19,20)12-15/h1-5,14-15H,6-12H2/t14-,15-/m0/s1. The van der Waals surface area contributed by atoms with E-state index in [-0.39, 0.29) is 35.1 Å². The third-order valence-corrected chi connectivity index (χ3v) is 8.06. The molecule has 1 aromatic carbocycles. The van der Waals surface area contributed by atoms with Crippen LogP contribution in [0.2, 0.25) is 0 Å². The second kappa shape index (κ2) is 5.94. The van der Waals surface area contributed by atoms with Crippen LogP contribution in [0.25, 0.3) is 0 Å². The van der Waals surface area contributed by atoms with E-state index in [0.29, 0.717) is 19.4 Å². The van der Waals surface area contributed by atoms with Crippen LogP contribution in [0.3, 0.4) is 0 Å². The monoisotopic (exact) mass is 343 g/mol. The van der Waals surface area contributed by atoms with Crippen molar-refractivity contribution >= 4 is 19.7 Å². The van der Waals surface area contributed by atoms with Gasteiger partial charge in [0.25, 0.3) is 0 Å². The second-order valence-electron chi connectivity index (χ2n) is 6.27. The highest BCUT2D eigenvalue weighted by Crippen LogP contribution is 2.27. The maximum absolute atomic E-state index is 11.8. The fourth-order valence-corrected chi connectivity index (χ4v) is 6.91. The maximum atomic E-state index is 11.8. The molecule has 5 nitrogen and oxygen atoms in total. The third kappa shape index (κ3) is 3.70. The van der Waals surface area contributed by atoms with E-state index >= 15 is 0 Å². The first-order chi connectivity index (χ1) is 10.3. The molecule has 0 amide bonds. The Bertz CT molecular complexity index is 684. The lowest BCUT2D eigenvalue weighted by molar-refractivity contribution is 0.150. The number of rotatable bonds is 4. The van der Waals surface area contributed by atoms with Gasteiger partial charge in [0.15, 0.2) is 19.7 Å². The first kappa shape index (κ1) is 16.0. The third-order valence-electron chi connectivity index (χ3n) is 4.56. The van der Waals surface area contributed by atoms with Gasteiger partial charge >= 0.3 is 0 Å². The van der Waals surface area contributed by atoms with Crippen molar-refractivity contribution in [1.82, 2.24) is 4.90 Å². The van der Waals surface area contributed by atoms with E-state index in [1.807, 2.05) is 30.3 Å². The molecule has 2 heterocycles. The summed E-state index contributed by atoms with van der Waals surface area (Å²) in [6.07, 6.45) is 1.21. The first-order valence-electron chi connectivity index (χ1n) is 7.55. The van der Waals surface area contributed by atoms with Crippen molar-refractivity contribution in [3.63, 3.8) is 0 Å². The summed E-state index contributed by atoms with van der Waals surface area (Å²) in [5.41, 5.74) is 1.09. The molecule has 0 N–H and O–H groups in total. The molecule has 0 spiro atoms. The van der Waals surface area contributed by atoms with E-state index in [4.69, 9.17) is 0 Å². The first-order valence-corrected chi connectivity index (χ1v) is 11.2. The average Bonchev–Trinajstić information content (AvgIpc) is 2.99. The number of hydrogen-bond donors (Lipinski definition) is 0. The highest BCUT2D eigenvalue weighted by Gasteiger charge is 2.39. The summed E-state index contributed by atoms with van der Waals surface area (Å²) in [4.78, 5) is 2.12. The van der Waals surface area contributed by atoms with Crippen LogP contribution < -0.4 is 0 Å². The average molecular weight is 343 g/mol. The maximum Gasteiger partial charge on any atom is 0.151 e. The highest BCUT2D eigenvalue weighted by molar-refractivity contribution is 7.92. The van der Waals surface area contributed by atoms with Crippen LogP contribution in [-0.4, -0.2) is 56.8 Å². The zero-order valence-electron chi connectivity index (χ0n) is 12.4. The Labute approximate surface area is 132 Å². The van der Waals surface area contributed by atoms with Crippen molar-refractivity contribution in [2.24, 2.45) is 0 Å². The van der Waals surface area contributed by atoms with Crippen LogP contribution in [0.5, 0.6) is 0 Å². The molecule has 7 heteroatoms. The summed E-state index contributed by atoms with van der Waals surface area (Å²) in [6, 6.07) is 9.70. The molecule has 0 radical (unpaired) electrons. The molecule has 2 fully saturated rings. The highest BCUT2D eigenvalue weighted by atomic mass is 32.2. The summed E-state index contributed by atoms with van der Waals surface area (Å²) in [5, 5.41) is 0. The van der Waals surface area contributed by atoms with Crippen LogP contribution in [0.1, 0.15) is 18.4 Å². The number of nitrogens with zero attached hydrogens (tertiary/aromatic N) is 1. The Morgan fingerprint density at radius 2 is 1.36 bits per heavy atom. The molecule has 3 rings (SSSR count). The van der Waals surface area contributed by atoms with E-state index < -0.39 is 19.7 Å². The van der Waals surface area contributed by atoms with Crippen LogP contribution in [0, 0.1) is 0 Å². The number of sulfone groups is 2. The molecule has 22 heavy (non-hydrogen) atoms. The van der Waals surface area contributed by atoms with Gasteiger partial charge in [-0.05, 0) is 18.4 Å². The summed E-state index contributed by atoms with van der Waals surface area (Å²) in [6.45, 7) is 0.612. The molecule has 122 valence electrons. The second-order valence-corrected chi connectivity index (χ2v) is 10.7. The van der Waals surface area contributed by atoms with Crippen LogP contribution in [0.4, 0.5) is 0 Å². The van der Waals surface area contributed by atoms with Gasteiger partial charge in [-0.15, -0.1) is 0 Å². The smallest absolute Gasteiger partial charge is 0.151 e. The van der Waals surface area contributed by atoms with Crippen molar-refractivity contribution in [1.29, 1.82) is 0 Å². The quantitative estimate of drug-likeness (QED) is 0.811. The van der Waals surface area contributed by atoms with Gasteiger partial charge in [-0.3, -0.25) is 4.90 Å². The predicted octanol–water partition coefficient (Wildman–Crippen LogP) is 0.863. The molecule has 2 aliphatic heterocycles. The Kier molecular flexibility index (Phi) is 4.31. The normalized spacial score (nSPS) is 29.9. The Morgan fingerprint density at radius 3 is 1.77 bits per heavy atom. The van der Waals surface area contributed by atoms with Gasteiger partial charge in [-0.25, -0.2) is 16.8 Å². The van der Waals surface area contributed by atoms with Gasteiger partial charge in [0.2, 0.25) is 0 Å².